The van der Waals surface area contributed by atoms with Gasteiger partial charge in [0.1, 0.15) is 5.82 Å². The average molecular weight is 446 g/mol. The van der Waals surface area contributed by atoms with Gasteiger partial charge in [0.2, 0.25) is 0 Å². The number of likely N-dealkylation sites (N-methyl/N-ethyl adjacent to an activating group) is 1. The van der Waals surface area contributed by atoms with Gasteiger partial charge in [0.15, 0.2) is 5.78 Å². The van der Waals surface area contributed by atoms with E-state index in [9.17, 15) is 14.0 Å². The molecule has 0 N–H and O–H groups in total. The molecule has 168 valence electrons. The van der Waals surface area contributed by atoms with Crippen LogP contribution < -0.4 is 0 Å². The fraction of sp³-hybridized carbons (Fsp3) is 0.500. The molecule has 1 aliphatic heterocycles. The zero-order valence-corrected chi connectivity index (χ0v) is 19.5. The van der Waals surface area contributed by atoms with Gasteiger partial charge in [-0.2, -0.15) is 0 Å². The fourth-order valence-electron chi connectivity index (χ4n) is 4.02. The van der Waals surface area contributed by atoms with Crippen molar-refractivity contribution in [2.75, 3.05) is 46.8 Å². The number of thiophene rings is 1. The lowest BCUT2D eigenvalue weighted by molar-refractivity contribution is 0.0664. The lowest BCUT2D eigenvalue weighted by Crippen LogP contribution is -2.44. The van der Waals surface area contributed by atoms with E-state index in [1.165, 1.54) is 24.3 Å². The van der Waals surface area contributed by atoms with Crippen LogP contribution >= 0.6 is 11.3 Å². The number of piperidine rings is 1. The predicted molar refractivity (Wildman–Crippen MR) is 123 cm³/mol. The number of hydrogen-bond acceptors (Lipinski definition) is 5. The summed E-state index contributed by atoms with van der Waals surface area (Å²) in [5, 5.41) is 0. The van der Waals surface area contributed by atoms with Crippen LogP contribution in [0, 0.1) is 11.7 Å². The molecule has 1 amide bonds. The minimum Gasteiger partial charge on any atom is -0.336 e. The maximum atomic E-state index is 14.1. The van der Waals surface area contributed by atoms with Crippen LogP contribution in [0.4, 0.5) is 4.39 Å². The van der Waals surface area contributed by atoms with Gasteiger partial charge in [-0.3, -0.25) is 14.5 Å². The molecule has 7 heteroatoms. The molecule has 0 spiro atoms. The Kier molecular flexibility index (Phi) is 8.35. The Morgan fingerprint density at radius 3 is 2.55 bits per heavy atom. The molecule has 31 heavy (non-hydrogen) atoms. The first-order valence-corrected chi connectivity index (χ1v) is 11.7. The average Bonchev–Trinajstić information content (AvgIpc) is 3.23. The quantitative estimate of drug-likeness (QED) is 0.547. The van der Waals surface area contributed by atoms with Crippen LogP contribution in [0.15, 0.2) is 36.4 Å². The van der Waals surface area contributed by atoms with Crippen molar-refractivity contribution in [2.24, 2.45) is 5.92 Å². The molecule has 1 aromatic heterocycles. The summed E-state index contributed by atoms with van der Waals surface area (Å²) in [6.07, 6.45) is 2.10. The first kappa shape index (κ1) is 23.6. The lowest BCUT2D eigenvalue weighted by Gasteiger charge is -2.36. The smallest absolute Gasteiger partial charge is 0.263 e. The van der Waals surface area contributed by atoms with Gasteiger partial charge in [0, 0.05) is 38.3 Å². The molecule has 0 saturated carbocycles. The van der Waals surface area contributed by atoms with Crippen LogP contribution in [0.5, 0.6) is 0 Å². The van der Waals surface area contributed by atoms with Crippen LogP contribution in [0.25, 0.3) is 0 Å². The van der Waals surface area contributed by atoms with Crippen molar-refractivity contribution in [3.05, 3.63) is 57.5 Å². The summed E-state index contributed by atoms with van der Waals surface area (Å²) in [6, 6.07) is 10.4. The van der Waals surface area contributed by atoms with Crippen LogP contribution in [0.3, 0.4) is 0 Å². The van der Waals surface area contributed by atoms with Gasteiger partial charge < -0.3 is 9.80 Å². The van der Waals surface area contributed by atoms with E-state index in [0.717, 1.165) is 38.0 Å². The molecular weight excluding hydrogens is 413 g/mol. The first-order chi connectivity index (χ1) is 14.8. The summed E-state index contributed by atoms with van der Waals surface area (Å²) in [4.78, 5) is 32.4. The molecule has 2 aromatic rings. The van der Waals surface area contributed by atoms with Crippen molar-refractivity contribution < 1.29 is 14.0 Å². The number of nitrogens with zero attached hydrogens (tertiary/aromatic N) is 3. The molecule has 0 aliphatic carbocycles. The SMILES string of the molecule is CC(=O)c1ccc(C(=O)N(CCN(C)C)CC2CCCN(Cc3ccccc3F)C2)s1. The van der Waals surface area contributed by atoms with E-state index >= 15 is 0 Å². The summed E-state index contributed by atoms with van der Waals surface area (Å²) in [5.41, 5.74) is 0.721. The Balaban J connectivity index is 1.67. The van der Waals surface area contributed by atoms with Crippen molar-refractivity contribution in [3.8, 4) is 0 Å². The van der Waals surface area contributed by atoms with E-state index in [2.05, 4.69) is 9.80 Å². The number of Topliss-reactive ketones (excluding diaryl/α,β-unsaturated/α-hetero) is 1. The minimum absolute atomic E-state index is 0.00872. The van der Waals surface area contributed by atoms with Gasteiger partial charge in [0.25, 0.3) is 5.91 Å². The van der Waals surface area contributed by atoms with Crippen molar-refractivity contribution >= 4 is 23.0 Å². The standard InChI is InChI=1S/C24H32FN3O2S/c1-18(29)22-10-11-23(31-22)24(30)28(14-13-26(2)3)16-19-7-6-12-27(15-19)17-20-8-4-5-9-21(20)25/h4-5,8-11,19H,6-7,12-17H2,1-3H3. The molecular formula is C24H32FN3O2S. The van der Waals surface area contributed by atoms with E-state index < -0.39 is 0 Å². The van der Waals surface area contributed by atoms with Gasteiger partial charge >= 0.3 is 0 Å². The molecule has 1 saturated heterocycles. The Labute approximate surface area is 188 Å². The number of rotatable bonds is 9. The van der Waals surface area contributed by atoms with Crippen LogP contribution in [-0.2, 0) is 6.54 Å². The second-order valence-corrected chi connectivity index (χ2v) is 9.69. The summed E-state index contributed by atoms with van der Waals surface area (Å²) in [6.45, 7) is 6.02. The van der Waals surface area contributed by atoms with E-state index in [0.29, 0.717) is 35.3 Å². The maximum absolute atomic E-state index is 14.1. The number of hydrogen-bond donors (Lipinski definition) is 0. The van der Waals surface area contributed by atoms with Crippen LogP contribution in [0.1, 0.15) is 44.7 Å². The van der Waals surface area contributed by atoms with Gasteiger partial charge in [-0.15, -0.1) is 11.3 Å². The zero-order valence-electron chi connectivity index (χ0n) is 18.6. The Hall–Kier alpha value is -2.09. The maximum Gasteiger partial charge on any atom is 0.263 e. The summed E-state index contributed by atoms with van der Waals surface area (Å²) in [7, 11) is 4.00. The topological polar surface area (TPSA) is 43.9 Å². The van der Waals surface area contributed by atoms with E-state index in [4.69, 9.17) is 0 Å². The van der Waals surface area contributed by atoms with E-state index in [-0.39, 0.29) is 17.5 Å². The van der Waals surface area contributed by atoms with E-state index in [1.807, 2.05) is 31.1 Å². The highest BCUT2D eigenvalue weighted by atomic mass is 32.1. The number of carbonyl (C=O) groups is 2. The molecule has 2 heterocycles. The number of carbonyl (C=O) groups excluding carboxylic acids is 2. The molecule has 1 aliphatic rings. The number of ketones is 1. The largest absolute Gasteiger partial charge is 0.336 e. The Morgan fingerprint density at radius 1 is 1.13 bits per heavy atom. The molecule has 0 radical (unpaired) electrons. The molecule has 3 rings (SSSR count). The molecule has 0 bridgehead atoms. The highest BCUT2D eigenvalue weighted by Gasteiger charge is 2.26. The van der Waals surface area contributed by atoms with Crippen molar-refractivity contribution in [1.29, 1.82) is 0 Å². The van der Waals surface area contributed by atoms with Crippen LogP contribution in [0.2, 0.25) is 0 Å². The van der Waals surface area contributed by atoms with Gasteiger partial charge in [0.05, 0.1) is 9.75 Å². The summed E-state index contributed by atoms with van der Waals surface area (Å²) < 4.78 is 14.1. The monoisotopic (exact) mass is 445 g/mol. The van der Waals surface area contributed by atoms with Crippen molar-refractivity contribution in [2.45, 2.75) is 26.3 Å². The molecule has 5 nitrogen and oxygen atoms in total. The molecule has 1 atom stereocenters. The molecule has 1 unspecified atom stereocenters. The number of benzene rings is 1. The van der Waals surface area contributed by atoms with Gasteiger partial charge in [-0.1, -0.05) is 18.2 Å². The third kappa shape index (κ3) is 6.69. The van der Waals surface area contributed by atoms with Gasteiger partial charge in [-0.25, -0.2) is 4.39 Å². The number of likely N-dealkylation sites (tertiary alicyclic amines) is 1. The first-order valence-electron chi connectivity index (χ1n) is 10.8. The second-order valence-electron chi connectivity index (χ2n) is 8.61. The number of amides is 1. The van der Waals surface area contributed by atoms with Crippen molar-refractivity contribution in [1.82, 2.24) is 14.7 Å². The summed E-state index contributed by atoms with van der Waals surface area (Å²) >= 11 is 1.27. The second kappa shape index (κ2) is 11.0. The predicted octanol–water partition coefficient (Wildman–Crippen LogP) is 4.01. The normalized spacial score (nSPS) is 17.1. The van der Waals surface area contributed by atoms with Crippen LogP contribution in [-0.4, -0.2) is 73.2 Å². The lowest BCUT2D eigenvalue weighted by atomic mass is 9.96. The van der Waals surface area contributed by atoms with Gasteiger partial charge in [-0.05, 0) is 64.5 Å². The molecule has 1 fully saturated rings. The van der Waals surface area contributed by atoms with Crippen molar-refractivity contribution in [3.63, 3.8) is 0 Å². The fourth-order valence-corrected chi connectivity index (χ4v) is 4.89. The third-order valence-corrected chi connectivity index (χ3v) is 6.88. The summed E-state index contributed by atoms with van der Waals surface area (Å²) in [5.74, 6) is 0.163. The highest BCUT2D eigenvalue weighted by Crippen LogP contribution is 2.23. The Bertz CT molecular complexity index is 898. The minimum atomic E-state index is -0.161. The highest BCUT2D eigenvalue weighted by molar-refractivity contribution is 7.15. The zero-order chi connectivity index (χ0) is 22.4. The molecule has 1 aromatic carbocycles. The third-order valence-electron chi connectivity index (χ3n) is 5.70. The van der Waals surface area contributed by atoms with E-state index in [1.54, 1.807) is 18.2 Å². The Morgan fingerprint density at radius 2 is 1.87 bits per heavy atom. The number of halogens is 1.